The van der Waals surface area contributed by atoms with Crippen molar-refractivity contribution in [3.8, 4) is 23.0 Å². The summed E-state index contributed by atoms with van der Waals surface area (Å²) >= 11 is 0. The first-order valence-electron chi connectivity index (χ1n) is 11.9. The van der Waals surface area contributed by atoms with Crippen molar-refractivity contribution in [2.45, 2.75) is 17.7 Å². The fraction of sp³-hybridized carbons (Fsp3) is 0.214. The molecule has 1 unspecified atom stereocenters. The summed E-state index contributed by atoms with van der Waals surface area (Å²) in [6.07, 6.45) is 2.47. The first-order chi connectivity index (χ1) is 18.7. The number of ether oxygens (including phenoxy) is 4. The maximum atomic E-state index is 14.0. The maximum Gasteiger partial charge on any atom is 0.267 e. The first kappa shape index (κ1) is 26.1. The summed E-state index contributed by atoms with van der Waals surface area (Å²) in [4.78, 5) is 25.2. The van der Waals surface area contributed by atoms with E-state index in [2.05, 4.69) is 4.72 Å². The number of hydrogen-bond acceptors (Lipinski definition) is 8. The highest BCUT2D eigenvalue weighted by atomic mass is 32.2. The number of methoxy groups -OCH3 is 2. The second-order valence-electron chi connectivity index (χ2n) is 9.10. The van der Waals surface area contributed by atoms with Gasteiger partial charge in [-0.15, -0.1) is 0 Å². The fourth-order valence-corrected chi connectivity index (χ4v) is 5.91. The smallest absolute Gasteiger partial charge is 0.267 e. The van der Waals surface area contributed by atoms with Gasteiger partial charge in [0.1, 0.15) is 16.9 Å². The van der Waals surface area contributed by atoms with Crippen molar-refractivity contribution in [1.82, 2.24) is 9.29 Å². The van der Waals surface area contributed by atoms with Gasteiger partial charge in [-0.05, 0) is 53.9 Å². The van der Waals surface area contributed by atoms with E-state index in [9.17, 15) is 18.0 Å². The summed E-state index contributed by atoms with van der Waals surface area (Å²) in [6.45, 7) is 1.79. The first-order valence-corrected chi connectivity index (χ1v) is 13.4. The number of benzene rings is 3. The molecule has 1 aromatic heterocycles. The Morgan fingerprint density at radius 3 is 2.54 bits per heavy atom. The molecule has 1 amide bonds. The van der Waals surface area contributed by atoms with Crippen LogP contribution in [0.15, 0.2) is 59.6 Å². The van der Waals surface area contributed by atoms with Crippen LogP contribution >= 0.6 is 0 Å². The van der Waals surface area contributed by atoms with Crippen LogP contribution in [0.3, 0.4) is 0 Å². The topological polar surface area (TPSA) is 122 Å². The van der Waals surface area contributed by atoms with E-state index in [1.54, 1.807) is 67.2 Å². The molecule has 11 heteroatoms. The molecule has 10 nitrogen and oxygen atoms in total. The number of nitrogens with zero attached hydrogens (tertiary/aromatic N) is 1. The van der Waals surface area contributed by atoms with Crippen LogP contribution < -0.4 is 23.7 Å². The standard InChI is InChI=1S/C28H26N2O8S/c1-16-5-8-25(22(9-16)35-3)39(33,34)29-28(32)26(18-11-23(36-4)27-24(12-18)37-15-38-27)20-13-30(2)21-10-17(14-31)6-7-19(20)21/h5-14,26H,15H2,1-4H3,(H,29,32). The normalized spacial score (nSPS) is 13.2. The fourth-order valence-electron chi connectivity index (χ4n) is 4.77. The lowest BCUT2D eigenvalue weighted by molar-refractivity contribution is -0.119. The third-order valence-electron chi connectivity index (χ3n) is 6.61. The summed E-state index contributed by atoms with van der Waals surface area (Å²) in [5.74, 6) is -0.692. The van der Waals surface area contributed by atoms with E-state index in [-0.39, 0.29) is 17.4 Å². The number of amides is 1. The van der Waals surface area contributed by atoms with Crippen LogP contribution in [0.2, 0.25) is 0 Å². The number of fused-ring (bicyclic) bond motifs is 2. The number of sulfonamides is 1. The molecule has 1 aliphatic rings. The van der Waals surface area contributed by atoms with Crippen LogP contribution in [-0.2, 0) is 21.9 Å². The monoisotopic (exact) mass is 550 g/mol. The van der Waals surface area contributed by atoms with Crippen molar-refractivity contribution in [3.63, 3.8) is 0 Å². The Morgan fingerprint density at radius 1 is 1.05 bits per heavy atom. The van der Waals surface area contributed by atoms with Gasteiger partial charge in [0.25, 0.3) is 10.0 Å². The van der Waals surface area contributed by atoms with E-state index in [1.807, 2.05) is 0 Å². The Morgan fingerprint density at radius 2 is 1.82 bits per heavy atom. The lowest BCUT2D eigenvalue weighted by Crippen LogP contribution is -2.35. The highest BCUT2D eigenvalue weighted by molar-refractivity contribution is 7.90. The number of carbonyl (C=O) groups is 2. The van der Waals surface area contributed by atoms with Gasteiger partial charge in [0.05, 0.1) is 20.1 Å². The molecule has 0 aliphatic carbocycles. The minimum atomic E-state index is -4.33. The minimum absolute atomic E-state index is 0.0175. The molecule has 1 N–H and O–H groups in total. The molecule has 1 aliphatic heterocycles. The van der Waals surface area contributed by atoms with Gasteiger partial charge in [0.2, 0.25) is 18.4 Å². The Labute approximate surface area is 225 Å². The summed E-state index contributed by atoms with van der Waals surface area (Å²) in [5, 5.41) is 0.671. The van der Waals surface area contributed by atoms with Gasteiger partial charge in [-0.1, -0.05) is 18.2 Å². The third kappa shape index (κ3) is 4.65. The number of nitrogens with one attached hydrogen (secondary N) is 1. The molecule has 202 valence electrons. The van der Waals surface area contributed by atoms with Crippen LogP contribution in [0.5, 0.6) is 23.0 Å². The van der Waals surface area contributed by atoms with Crippen molar-refractivity contribution in [1.29, 1.82) is 0 Å². The van der Waals surface area contributed by atoms with Crippen molar-refractivity contribution in [2.75, 3.05) is 21.0 Å². The van der Waals surface area contributed by atoms with Crippen LogP contribution in [0.1, 0.15) is 33.0 Å². The maximum absolute atomic E-state index is 14.0. The lowest BCUT2D eigenvalue weighted by Gasteiger charge is -2.19. The highest BCUT2D eigenvalue weighted by Crippen LogP contribution is 2.45. The molecule has 0 saturated carbocycles. The van der Waals surface area contributed by atoms with Crippen molar-refractivity contribution in [3.05, 3.63) is 77.0 Å². The van der Waals surface area contributed by atoms with Gasteiger partial charge < -0.3 is 23.5 Å². The van der Waals surface area contributed by atoms with E-state index in [4.69, 9.17) is 18.9 Å². The average molecular weight is 551 g/mol. The molecule has 2 heterocycles. The molecule has 4 aromatic rings. The predicted octanol–water partition coefficient (Wildman–Crippen LogP) is 3.68. The zero-order chi connectivity index (χ0) is 27.9. The van der Waals surface area contributed by atoms with E-state index in [1.165, 1.54) is 20.3 Å². The van der Waals surface area contributed by atoms with E-state index < -0.39 is 21.8 Å². The van der Waals surface area contributed by atoms with E-state index in [0.717, 1.165) is 11.8 Å². The van der Waals surface area contributed by atoms with Crippen molar-refractivity contribution in [2.24, 2.45) is 7.05 Å². The van der Waals surface area contributed by atoms with Crippen LogP contribution in [0.25, 0.3) is 10.9 Å². The quantitative estimate of drug-likeness (QED) is 0.330. The van der Waals surface area contributed by atoms with Gasteiger partial charge in [-0.2, -0.15) is 0 Å². The lowest BCUT2D eigenvalue weighted by atomic mass is 9.89. The molecular formula is C28H26N2O8S. The van der Waals surface area contributed by atoms with Gasteiger partial charge >= 0.3 is 0 Å². The van der Waals surface area contributed by atoms with Crippen molar-refractivity contribution >= 4 is 33.1 Å². The predicted molar refractivity (Wildman–Crippen MR) is 142 cm³/mol. The number of aldehydes is 1. The Hall–Kier alpha value is -4.51. The number of hydrogen-bond donors (Lipinski definition) is 1. The number of rotatable bonds is 8. The molecule has 1 atom stereocenters. The minimum Gasteiger partial charge on any atom is -0.495 e. The van der Waals surface area contributed by atoms with E-state index >= 15 is 0 Å². The van der Waals surface area contributed by atoms with Crippen LogP contribution in [-0.4, -0.2) is 46.2 Å². The second-order valence-corrected chi connectivity index (χ2v) is 10.8. The van der Waals surface area contributed by atoms with Gasteiger partial charge in [-0.25, -0.2) is 13.1 Å². The highest BCUT2D eigenvalue weighted by Gasteiger charge is 2.33. The zero-order valence-electron chi connectivity index (χ0n) is 21.7. The van der Waals surface area contributed by atoms with Gasteiger partial charge in [-0.3, -0.25) is 9.59 Å². The molecule has 0 radical (unpaired) electrons. The van der Waals surface area contributed by atoms with Crippen molar-refractivity contribution < 1.29 is 37.0 Å². The molecule has 0 fully saturated rings. The Balaban J connectivity index is 1.67. The molecule has 5 rings (SSSR count). The Kier molecular flexibility index (Phi) is 6.69. The summed E-state index contributed by atoms with van der Waals surface area (Å²) in [7, 11) is 0.276. The molecule has 0 spiro atoms. The summed E-state index contributed by atoms with van der Waals surface area (Å²) < 4.78 is 52.7. The summed E-state index contributed by atoms with van der Waals surface area (Å²) in [6, 6.07) is 12.9. The second kappa shape index (κ2) is 9.99. The van der Waals surface area contributed by atoms with Crippen LogP contribution in [0, 0.1) is 6.92 Å². The van der Waals surface area contributed by atoms with Gasteiger partial charge in [0, 0.05) is 29.7 Å². The zero-order valence-corrected chi connectivity index (χ0v) is 22.5. The number of aryl methyl sites for hydroxylation is 2. The average Bonchev–Trinajstić information content (AvgIpc) is 3.52. The van der Waals surface area contributed by atoms with Gasteiger partial charge in [0.15, 0.2) is 11.5 Å². The molecule has 0 bridgehead atoms. The largest absolute Gasteiger partial charge is 0.495 e. The third-order valence-corrected chi connectivity index (χ3v) is 8.00. The molecule has 0 saturated heterocycles. The summed E-state index contributed by atoms with van der Waals surface area (Å²) in [5.41, 5.74) is 2.91. The molecule has 39 heavy (non-hydrogen) atoms. The number of aromatic nitrogens is 1. The SMILES string of the molecule is COc1cc(C)ccc1S(=O)(=O)NC(=O)C(c1cc(OC)c2c(c1)OCO2)c1cn(C)c2cc(C=O)ccc12. The Bertz CT molecular complexity index is 1730. The number of carbonyl (C=O) groups excluding carboxylic acids is 2. The van der Waals surface area contributed by atoms with Crippen LogP contribution in [0.4, 0.5) is 0 Å². The molecule has 3 aromatic carbocycles. The molecular weight excluding hydrogens is 524 g/mol. The van der Waals surface area contributed by atoms with E-state index in [0.29, 0.717) is 44.8 Å².